The first-order valence-electron chi connectivity index (χ1n) is 12.8. The van der Waals surface area contributed by atoms with E-state index in [1.165, 1.54) is 0 Å². The van der Waals surface area contributed by atoms with E-state index < -0.39 is 24.2 Å². The molecule has 0 radical (unpaired) electrons. The van der Waals surface area contributed by atoms with Gasteiger partial charge in [-0.05, 0) is 47.0 Å². The molecule has 4 rings (SSSR count). The number of hydrogen-bond donors (Lipinski definition) is 2. The Bertz CT molecular complexity index is 1400. The summed E-state index contributed by atoms with van der Waals surface area (Å²) in [6.45, 7) is -0.384. The Hall–Kier alpha value is -3.92. The van der Waals surface area contributed by atoms with Gasteiger partial charge in [0.15, 0.2) is 11.6 Å². The van der Waals surface area contributed by atoms with Crippen LogP contribution in [0.5, 0.6) is 5.75 Å². The third-order valence-electron chi connectivity index (χ3n) is 6.48. The first-order valence-corrected chi connectivity index (χ1v) is 13.6. The molecule has 40 heavy (non-hydrogen) atoms. The van der Waals surface area contributed by atoms with Crippen LogP contribution in [-0.4, -0.2) is 48.9 Å². The zero-order valence-electron chi connectivity index (χ0n) is 21.7. The second-order valence-corrected chi connectivity index (χ2v) is 9.94. The molecule has 2 N–H and O–H groups in total. The average molecular weight is 610 g/mol. The predicted octanol–water partition coefficient (Wildman–Crippen LogP) is 5.61. The number of carbonyl (C=O) groups is 1. The minimum absolute atomic E-state index is 0.0394. The summed E-state index contributed by atoms with van der Waals surface area (Å²) in [5.74, 6) is 0.395. The van der Waals surface area contributed by atoms with Gasteiger partial charge in [0.2, 0.25) is 5.90 Å². The summed E-state index contributed by atoms with van der Waals surface area (Å²) in [5.41, 5.74) is 10.2. The van der Waals surface area contributed by atoms with Gasteiger partial charge < -0.3 is 19.9 Å². The molecule has 208 valence electrons. The molecule has 1 amide bonds. The maximum atomic E-state index is 13.9. The van der Waals surface area contributed by atoms with Crippen LogP contribution >= 0.6 is 15.9 Å². The molecule has 0 spiro atoms. The van der Waals surface area contributed by atoms with E-state index in [2.05, 4.69) is 31.3 Å². The van der Waals surface area contributed by atoms with Crippen molar-refractivity contribution in [3.05, 3.63) is 110 Å². The quantitative estimate of drug-likeness (QED) is 0.113. The molecule has 3 aromatic rings. The van der Waals surface area contributed by atoms with Gasteiger partial charge in [-0.25, -0.2) is 9.38 Å². The Morgan fingerprint density at radius 3 is 2.58 bits per heavy atom. The van der Waals surface area contributed by atoms with E-state index in [0.29, 0.717) is 29.9 Å². The number of halogens is 2. The molecular formula is C29H29BrFN5O4. The molecule has 0 fully saturated rings. The van der Waals surface area contributed by atoms with Crippen LogP contribution in [0.3, 0.4) is 0 Å². The molecule has 1 aliphatic rings. The van der Waals surface area contributed by atoms with Gasteiger partial charge in [0.1, 0.15) is 12.4 Å². The standard InChI is InChI=1S/C29H29BrFN5O4/c30-25-9-4-3-8-24(25)26-29(28(38)33-15-14-31,18-21-6-1-2-7-22(21)19-34-36-32)35-27(40-26)20-10-12-23(13-11-20)39-17-5-16-37/h1-4,6-13,26,37H,5,14-19H2,(H,33,38)/t26-,29-/m1/s1. The number of carbonyl (C=O) groups excluding carboxylic acids is 1. The summed E-state index contributed by atoms with van der Waals surface area (Å²) in [4.78, 5) is 21.7. The van der Waals surface area contributed by atoms with Crippen LogP contribution in [0.25, 0.3) is 10.4 Å². The van der Waals surface area contributed by atoms with Crippen LogP contribution in [0, 0.1) is 0 Å². The van der Waals surface area contributed by atoms with Crippen LogP contribution in [-0.2, 0) is 22.5 Å². The molecule has 2 atom stereocenters. The van der Waals surface area contributed by atoms with Gasteiger partial charge in [0, 0.05) is 46.5 Å². The zero-order chi connectivity index (χ0) is 28.4. The van der Waals surface area contributed by atoms with E-state index >= 15 is 0 Å². The molecule has 3 aromatic carbocycles. The maximum Gasteiger partial charge on any atom is 0.252 e. The highest BCUT2D eigenvalue weighted by atomic mass is 79.9. The lowest BCUT2D eigenvalue weighted by Crippen LogP contribution is -2.50. The molecular weight excluding hydrogens is 581 g/mol. The number of amides is 1. The molecule has 0 bridgehead atoms. The van der Waals surface area contributed by atoms with Gasteiger partial charge in [-0.1, -0.05) is 63.5 Å². The number of nitrogens with zero attached hydrogens (tertiary/aromatic N) is 4. The highest BCUT2D eigenvalue weighted by Crippen LogP contribution is 2.45. The Labute approximate surface area is 239 Å². The predicted molar refractivity (Wildman–Crippen MR) is 153 cm³/mol. The van der Waals surface area contributed by atoms with E-state index in [-0.39, 0.29) is 32.0 Å². The fraction of sp³-hybridized carbons (Fsp3) is 0.310. The number of alkyl halides is 1. The van der Waals surface area contributed by atoms with Crippen molar-refractivity contribution in [2.24, 2.45) is 10.1 Å². The van der Waals surface area contributed by atoms with E-state index in [1.807, 2.05) is 48.5 Å². The van der Waals surface area contributed by atoms with Gasteiger partial charge in [-0.3, -0.25) is 4.79 Å². The summed E-state index contributed by atoms with van der Waals surface area (Å²) in [5, 5.41) is 15.4. The number of rotatable bonds is 13. The number of aliphatic hydroxyl groups excluding tert-OH is 1. The fourth-order valence-corrected chi connectivity index (χ4v) is 5.04. The van der Waals surface area contributed by atoms with Crippen molar-refractivity contribution in [3.8, 4) is 5.75 Å². The number of aliphatic hydroxyl groups is 1. The molecule has 1 aliphatic heterocycles. The molecule has 9 nitrogen and oxygen atoms in total. The molecule has 0 aromatic heterocycles. The maximum absolute atomic E-state index is 13.9. The molecule has 0 unspecified atom stereocenters. The number of azide groups is 1. The first kappa shape index (κ1) is 29.1. The summed E-state index contributed by atoms with van der Waals surface area (Å²) in [6.07, 6.45) is -0.228. The SMILES string of the molecule is [N-]=[N+]=NCc1ccccc1C[C@@]1(C(=O)NCCF)N=C(c2ccc(OCCCO)cc2)O[C@@H]1c1ccccc1Br. The lowest BCUT2D eigenvalue weighted by atomic mass is 9.81. The van der Waals surface area contributed by atoms with Crippen molar-refractivity contribution in [1.29, 1.82) is 0 Å². The Morgan fingerprint density at radius 1 is 1.15 bits per heavy atom. The van der Waals surface area contributed by atoms with Gasteiger partial charge in [0.05, 0.1) is 13.2 Å². The number of aliphatic imine (C=N–C) groups is 1. The summed E-state index contributed by atoms with van der Waals surface area (Å²) in [6, 6.07) is 21.9. The molecule has 1 heterocycles. The molecule has 11 heteroatoms. The Balaban J connectivity index is 1.82. The van der Waals surface area contributed by atoms with Gasteiger partial charge >= 0.3 is 0 Å². The third kappa shape index (κ3) is 6.62. The van der Waals surface area contributed by atoms with Crippen molar-refractivity contribution >= 4 is 27.7 Å². The van der Waals surface area contributed by atoms with Gasteiger partial charge in [-0.2, -0.15) is 0 Å². The fourth-order valence-electron chi connectivity index (χ4n) is 4.54. The molecule has 0 aliphatic carbocycles. The van der Waals surface area contributed by atoms with Crippen LogP contribution in [0.4, 0.5) is 4.39 Å². The van der Waals surface area contributed by atoms with Crippen molar-refractivity contribution in [2.45, 2.75) is 31.0 Å². The number of nitrogens with one attached hydrogen (secondary N) is 1. The van der Waals surface area contributed by atoms with Gasteiger partial charge in [-0.15, -0.1) is 0 Å². The Kier molecular flexibility index (Phi) is 10.1. The van der Waals surface area contributed by atoms with E-state index in [9.17, 15) is 9.18 Å². The van der Waals surface area contributed by atoms with Crippen LogP contribution in [0.15, 0.2) is 87.4 Å². The summed E-state index contributed by atoms with van der Waals surface area (Å²) < 4.78 is 26.0. The van der Waals surface area contributed by atoms with Crippen molar-refractivity contribution in [2.75, 3.05) is 26.4 Å². The van der Waals surface area contributed by atoms with Crippen LogP contribution < -0.4 is 10.1 Å². The summed E-state index contributed by atoms with van der Waals surface area (Å²) in [7, 11) is 0. The topological polar surface area (TPSA) is 129 Å². The van der Waals surface area contributed by atoms with Crippen molar-refractivity contribution in [1.82, 2.24) is 5.32 Å². The van der Waals surface area contributed by atoms with E-state index in [4.69, 9.17) is 25.1 Å². The second kappa shape index (κ2) is 13.9. The van der Waals surface area contributed by atoms with Gasteiger partial charge in [0.25, 0.3) is 5.91 Å². The minimum Gasteiger partial charge on any atom is -0.494 e. The smallest absolute Gasteiger partial charge is 0.252 e. The number of hydrogen-bond acceptors (Lipinski definition) is 6. The average Bonchev–Trinajstić information content (AvgIpc) is 3.36. The van der Waals surface area contributed by atoms with E-state index in [0.717, 1.165) is 15.6 Å². The van der Waals surface area contributed by atoms with Crippen LogP contribution in [0.1, 0.15) is 34.8 Å². The number of benzene rings is 3. The van der Waals surface area contributed by atoms with Crippen LogP contribution in [0.2, 0.25) is 0 Å². The Morgan fingerprint density at radius 2 is 1.88 bits per heavy atom. The second-order valence-electron chi connectivity index (χ2n) is 9.09. The largest absolute Gasteiger partial charge is 0.494 e. The minimum atomic E-state index is -1.50. The lowest BCUT2D eigenvalue weighted by molar-refractivity contribution is -0.129. The first-order chi connectivity index (χ1) is 19.5. The molecule has 0 saturated carbocycles. The number of ether oxygens (including phenoxy) is 2. The molecule has 0 saturated heterocycles. The lowest BCUT2D eigenvalue weighted by Gasteiger charge is -2.31. The normalized spacial score (nSPS) is 17.9. The third-order valence-corrected chi connectivity index (χ3v) is 7.20. The summed E-state index contributed by atoms with van der Waals surface area (Å²) >= 11 is 3.60. The van der Waals surface area contributed by atoms with Crippen molar-refractivity contribution < 1.29 is 23.8 Å². The highest BCUT2D eigenvalue weighted by Gasteiger charge is 2.53. The zero-order valence-corrected chi connectivity index (χ0v) is 23.3. The monoisotopic (exact) mass is 609 g/mol. The van der Waals surface area contributed by atoms with Crippen molar-refractivity contribution in [3.63, 3.8) is 0 Å². The van der Waals surface area contributed by atoms with E-state index in [1.54, 1.807) is 24.3 Å². The highest BCUT2D eigenvalue weighted by molar-refractivity contribution is 9.10.